The molecular weight excluding hydrogens is 301 g/mol. The number of carbonyl (C=O) groups is 1. The number of aryl methyl sites for hydroxylation is 1. The first-order valence-electron chi connectivity index (χ1n) is 7.17. The predicted molar refractivity (Wildman–Crippen MR) is 83.1 cm³/mol. The number of aromatic nitrogens is 2. The first-order valence-corrected chi connectivity index (χ1v) is 7.17. The Bertz CT molecular complexity index is 670. The minimum atomic E-state index is -0.755. The first-order chi connectivity index (χ1) is 10.9. The second-order valence-corrected chi connectivity index (χ2v) is 5.35. The van der Waals surface area contributed by atoms with E-state index >= 15 is 0 Å². The fourth-order valence-electron chi connectivity index (χ4n) is 2.26. The number of ether oxygens (including phenoxy) is 1. The van der Waals surface area contributed by atoms with Crippen molar-refractivity contribution < 1.29 is 19.0 Å². The molecule has 1 aromatic carbocycles. The normalized spacial score (nSPS) is 12.2. The van der Waals surface area contributed by atoms with Gasteiger partial charge in [-0.1, -0.05) is 0 Å². The Hall–Kier alpha value is -2.25. The molecule has 1 unspecified atom stereocenters. The van der Waals surface area contributed by atoms with Crippen molar-refractivity contribution in [1.29, 1.82) is 0 Å². The number of hydrogen-bond donors (Lipinski definition) is 1. The minimum Gasteiger partial charge on any atom is -0.389 e. The second kappa shape index (κ2) is 7.34. The van der Waals surface area contributed by atoms with Crippen LogP contribution in [-0.4, -0.2) is 59.1 Å². The standard InChI is InChI=1S/C16H20FN3O3/c1-11-8-15(16(22)19(2)9-14(21)10-23-3)18-20(11)13-6-4-12(17)5-7-13/h4-8,14,21H,9-10H2,1-3H3. The molecule has 0 aliphatic rings. The van der Waals surface area contributed by atoms with E-state index in [1.165, 1.54) is 24.1 Å². The summed E-state index contributed by atoms with van der Waals surface area (Å²) >= 11 is 0. The van der Waals surface area contributed by atoms with Gasteiger partial charge in [0.15, 0.2) is 5.69 Å². The van der Waals surface area contributed by atoms with Crippen molar-refractivity contribution in [3.05, 3.63) is 47.5 Å². The van der Waals surface area contributed by atoms with Gasteiger partial charge in [0.05, 0.1) is 18.4 Å². The lowest BCUT2D eigenvalue weighted by Gasteiger charge is -2.19. The number of hydrogen-bond acceptors (Lipinski definition) is 4. The maximum Gasteiger partial charge on any atom is 0.274 e. The summed E-state index contributed by atoms with van der Waals surface area (Å²) in [6, 6.07) is 7.52. The molecule has 0 saturated heterocycles. The Morgan fingerprint density at radius 2 is 2.09 bits per heavy atom. The zero-order chi connectivity index (χ0) is 17.0. The van der Waals surface area contributed by atoms with Gasteiger partial charge in [0, 0.05) is 26.4 Å². The highest BCUT2D eigenvalue weighted by molar-refractivity contribution is 5.92. The Kier molecular flexibility index (Phi) is 5.46. The van der Waals surface area contributed by atoms with Crippen LogP contribution in [-0.2, 0) is 4.74 Å². The van der Waals surface area contributed by atoms with Gasteiger partial charge in [-0.15, -0.1) is 0 Å². The monoisotopic (exact) mass is 321 g/mol. The number of nitrogens with zero attached hydrogens (tertiary/aromatic N) is 3. The summed E-state index contributed by atoms with van der Waals surface area (Å²) in [5, 5.41) is 14.0. The third-order valence-corrected chi connectivity index (χ3v) is 3.37. The average Bonchev–Trinajstić information content (AvgIpc) is 2.89. The molecule has 1 heterocycles. The number of amides is 1. The smallest absolute Gasteiger partial charge is 0.274 e. The Labute approximate surface area is 134 Å². The topological polar surface area (TPSA) is 67.6 Å². The van der Waals surface area contributed by atoms with Crippen LogP contribution in [0.25, 0.3) is 5.69 Å². The van der Waals surface area contributed by atoms with Crippen LogP contribution in [0.1, 0.15) is 16.2 Å². The van der Waals surface area contributed by atoms with Crippen molar-refractivity contribution in [2.45, 2.75) is 13.0 Å². The molecule has 1 amide bonds. The third kappa shape index (κ3) is 4.14. The number of benzene rings is 1. The number of aliphatic hydroxyl groups excluding tert-OH is 1. The lowest BCUT2D eigenvalue weighted by atomic mass is 10.3. The lowest BCUT2D eigenvalue weighted by Crippen LogP contribution is -2.36. The van der Waals surface area contributed by atoms with Gasteiger partial charge < -0.3 is 14.7 Å². The van der Waals surface area contributed by atoms with Crippen LogP contribution in [0.5, 0.6) is 0 Å². The number of rotatable bonds is 6. The molecule has 2 aromatic rings. The minimum absolute atomic E-state index is 0.148. The highest BCUT2D eigenvalue weighted by Gasteiger charge is 2.19. The van der Waals surface area contributed by atoms with Crippen molar-refractivity contribution >= 4 is 5.91 Å². The summed E-state index contributed by atoms with van der Waals surface area (Å²) in [6.07, 6.45) is -0.755. The molecule has 0 spiro atoms. The van der Waals surface area contributed by atoms with E-state index in [4.69, 9.17) is 4.74 Å². The van der Waals surface area contributed by atoms with Crippen LogP contribution in [0.4, 0.5) is 4.39 Å². The van der Waals surface area contributed by atoms with Gasteiger partial charge in [-0.3, -0.25) is 4.79 Å². The summed E-state index contributed by atoms with van der Waals surface area (Å²) in [6.45, 7) is 2.11. The predicted octanol–water partition coefficient (Wildman–Crippen LogP) is 1.40. The maximum atomic E-state index is 13.0. The van der Waals surface area contributed by atoms with E-state index in [1.54, 1.807) is 29.9 Å². The molecule has 1 N–H and O–H groups in total. The molecule has 1 atom stereocenters. The van der Waals surface area contributed by atoms with E-state index in [0.29, 0.717) is 5.69 Å². The van der Waals surface area contributed by atoms with Crippen LogP contribution in [0.3, 0.4) is 0 Å². The molecular formula is C16H20FN3O3. The summed E-state index contributed by atoms with van der Waals surface area (Å²) < 4.78 is 19.4. The third-order valence-electron chi connectivity index (χ3n) is 3.37. The zero-order valence-corrected chi connectivity index (χ0v) is 13.4. The van der Waals surface area contributed by atoms with Crippen LogP contribution < -0.4 is 0 Å². The van der Waals surface area contributed by atoms with Gasteiger partial charge in [0.1, 0.15) is 5.82 Å². The summed E-state index contributed by atoms with van der Waals surface area (Å²) in [5.41, 5.74) is 1.69. The highest BCUT2D eigenvalue weighted by Crippen LogP contribution is 2.14. The quantitative estimate of drug-likeness (QED) is 0.873. The fourth-order valence-corrected chi connectivity index (χ4v) is 2.26. The molecule has 124 valence electrons. The SMILES string of the molecule is COCC(O)CN(C)C(=O)c1cc(C)n(-c2ccc(F)cc2)n1. The van der Waals surface area contributed by atoms with Gasteiger partial charge >= 0.3 is 0 Å². The Morgan fingerprint density at radius 3 is 2.70 bits per heavy atom. The lowest BCUT2D eigenvalue weighted by molar-refractivity contribution is 0.0377. The molecule has 0 radical (unpaired) electrons. The second-order valence-electron chi connectivity index (χ2n) is 5.35. The average molecular weight is 321 g/mol. The Balaban J connectivity index is 2.16. The van der Waals surface area contributed by atoms with E-state index in [-0.39, 0.29) is 30.6 Å². The van der Waals surface area contributed by atoms with Crippen LogP contribution >= 0.6 is 0 Å². The van der Waals surface area contributed by atoms with Gasteiger partial charge in [0.25, 0.3) is 5.91 Å². The van der Waals surface area contributed by atoms with E-state index in [2.05, 4.69) is 5.10 Å². The van der Waals surface area contributed by atoms with Crippen molar-refractivity contribution in [1.82, 2.24) is 14.7 Å². The van der Waals surface area contributed by atoms with Crippen LogP contribution in [0, 0.1) is 12.7 Å². The molecule has 23 heavy (non-hydrogen) atoms. The molecule has 0 aliphatic carbocycles. The highest BCUT2D eigenvalue weighted by atomic mass is 19.1. The van der Waals surface area contributed by atoms with Crippen LogP contribution in [0.15, 0.2) is 30.3 Å². The van der Waals surface area contributed by atoms with E-state index < -0.39 is 6.10 Å². The fraction of sp³-hybridized carbons (Fsp3) is 0.375. The largest absolute Gasteiger partial charge is 0.389 e. The summed E-state index contributed by atoms with van der Waals surface area (Å²) in [4.78, 5) is 13.8. The Morgan fingerprint density at radius 1 is 1.43 bits per heavy atom. The van der Waals surface area contributed by atoms with Crippen molar-refractivity contribution in [3.63, 3.8) is 0 Å². The molecule has 0 saturated carbocycles. The van der Waals surface area contributed by atoms with Crippen molar-refractivity contribution in [3.8, 4) is 5.69 Å². The van der Waals surface area contributed by atoms with Gasteiger partial charge in [-0.25, -0.2) is 9.07 Å². The molecule has 6 nitrogen and oxygen atoms in total. The molecule has 1 aromatic heterocycles. The zero-order valence-electron chi connectivity index (χ0n) is 13.4. The van der Waals surface area contributed by atoms with Crippen LogP contribution in [0.2, 0.25) is 0 Å². The molecule has 0 fully saturated rings. The number of methoxy groups -OCH3 is 1. The van der Waals surface area contributed by atoms with E-state index in [1.807, 2.05) is 6.92 Å². The van der Waals surface area contributed by atoms with Crippen molar-refractivity contribution in [2.75, 3.05) is 27.3 Å². The number of halogens is 1. The maximum absolute atomic E-state index is 13.0. The summed E-state index contributed by atoms with van der Waals surface area (Å²) in [5.74, 6) is -0.633. The molecule has 0 aliphatic heterocycles. The van der Waals surface area contributed by atoms with E-state index in [0.717, 1.165) is 5.69 Å². The molecule has 7 heteroatoms. The van der Waals surface area contributed by atoms with Gasteiger partial charge in [-0.2, -0.15) is 5.10 Å². The van der Waals surface area contributed by atoms with E-state index in [9.17, 15) is 14.3 Å². The number of carbonyl (C=O) groups excluding carboxylic acids is 1. The summed E-state index contributed by atoms with van der Waals surface area (Å²) in [7, 11) is 3.08. The van der Waals surface area contributed by atoms with Gasteiger partial charge in [-0.05, 0) is 37.3 Å². The van der Waals surface area contributed by atoms with Crippen molar-refractivity contribution in [2.24, 2.45) is 0 Å². The first kappa shape index (κ1) is 17.1. The van der Waals surface area contributed by atoms with Gasteiger partial charge in [0.2, 0.25) is 0 Å². The molecule has 2 rings (SSSR count). The number of aliphatic hydroxyl groups is 1. The number of likely N-dealkylation sites (N-methyl/N-ethyl adjacent to an activating group) is 1. The molecule has 0 bridgehead atoms.